The second-order valence-electron chi connectivity index (χ2n) is 3.27. The smallest absolute Gasteiger partial charge is 0.230 e. The molecule has 2 amide bonds. The maximum Gasteiger partial charge on any atom is 0.230 e. The van der Waals surface area contributed by atoms with Gasteiger partial charge in [0, 0.05) is 12.1 Å². The Labute approximate surface area is 99.4 Å². The SMILES string of the molecule is O=C(CBr)N[C@H]1C[C@@H](NC(=O)CBr)C1. The van der Waals surface area contributed by atoms with Crippen molar-refractivity contribution < 1.29 is 9.59 Å². The molecule has 6 heteroatoms. The van der Waals surface area contributed by atoms with E-state index in [1.165, 1.54) is 0 Å². The van der Waals surface area contributed by atoms with E-state index in [1.807, 2.05) is 0 Å². The third-order valence-electron chi connectivity index (χ3n) is 2.11. The summed E-state index contributed by atoms with van der Waals surface area (Å²) in [6, 6.07) is 0.446. The summed E-state index contributed by atoms with van der Waals surface area (Å²) in [5.74, 6) is 0.000496. The Bertz CT molecular complexity index is 207. The largest absolute Gasteiger partial charge is 0.352 e. The highest BCUT2D eigenvalue weighted by Gasteiger charge is 2.30. The molecule has 0 unspecified atom stereocenters. The van der Waals surface area contributed by atoms with Crippen LogP contribution in [0.2, 0.25) is 0 Å². The van der Waals surface area contributed by atoms with Crippen molar-refractivity contribution in [2.45, 2.75) is 24.9 Å². The number of hydrogen-bond donors (Lipinski definition) is 2. The molecule has 0 heterocycles. The van der Waals surface area contributed by atoms with Gasteiger partial charge in [-0.2, -0.15) is 0 Å². The Balaban J connectivity index is 2.11. The Hall–Kier alpha value is -0.100. The van der Waals surface area contributed by atoms with Crippen molar-refractivity contribution in [3.8, 4) is 0 Å². The minimum absolute atomic E-state index is 0.000248. The van der Waals surface area contributed by atoms with Crippen LogP contribution in [0.5, 0.6) is 0 Å². The van der Waals surface area contributed by atoms with Gasteiger partial charge in [0.2, 0.25) is 11.8 Å². The first kappa shape index (κ1) is 12.0. The number of carbonyl (C=O) groups is 2. The molecule has 2 N–H and O–H groups in total. The van der Waals surface area contributed by atoms with Gasteiger partial charge in [0.15, 0.2) is 0 Å². The fourth-order valence-corrected chi connectivity index (χ4v) is 1.71. The van der Waals surface area contributed by atoms with E-state index in [-0.39, 0.29) is 23.9 Å². The fourth-order valence-electron chi connectivity index (χ4n) is 1.39. The predicted molar refractivity (Wildman–Crippen MR) is 60.7 cm³/mol. The molecule has 0 aliphatic heterocycles. The van der Waals surface area contributed by atoms with Crippen LogP contribution in [0.25, 0.3) is 0 Å². The van der Waals surface area contributed by atoms with Crippen LogP contribution in [0.15, 0.2) is 0 Å². The van der Waals surface area contributed by atoms with Crippen LogP contribution in [0.1, 0.15) is 12.8 Å². The van der Waals surface area contributed by atoms with E-state index in [0.717, 1.165) is 12.8 Å². The van der Waals surface area contributed by atoms with E-state index in [4.69, 9.17) is 0 Å². The van der Waals surface area contributed by atoms with Gasteiger partial charge in [-0.05, 0) is 12.8 Å². The van der Waals surface area contributed by atoms with Crippen molar-refractivity contribution in [2.24, 2.45) is 0 Å². The summed E-state index contributed by atoms with van der Waals surface area (Å²) in [5.41, 5.74) is 0. The van der Waals surface area contributed by atoms with Gasteiger partial charge in [0.05, 0.1) is 10.7 Å². The highest BCUT2D eigenvalue weighted by Crippen LogP contribution is 2.19. The Kier molecular flexibility index (Phi) is 4.88. The van der Waals surface area contributed by atoms with Crippen molar-refractivity contribution in [3.05, 3.63) is 0 Å². The van der Waals surface area contributed by atoms with Gasteiger partial charge < -0.3 is 10.6 Å². The van der Waals surface area contributed by atoms with Crippen LogP contribution < -0.4 is 10.6 Å². The van der Waals surface area contributed by atoms with Gasteiger partial charge in [-0.15, -0.1) is 0 Å². The molecule has 1 aliphatic carbocycles. The molecule has 0 spiro atoms. The number of carbonyl (C=O) groups excluding carboxylic acids is 2. The second-order valence-corrected chi connectivity index (χ2v) is 4.39. The van der Waals surface area contributed by atoms with Crippen LogP contribution in [0.4, 0.5) is 0 Å². The third-order valence-corrected chi connectivity index (χ3v) is 3.13. The summed E-state index contributed by atoms with van der Waals surface area (Å²) < 4.78 is 0. The van der Waals surface area contributed by atoms with Crippen molar-refractivity contribution in [2.75, 3.05) is 10.7 Å². The zero-order chi connectivity index (χ0) is 10.6. The van der Waals surface area contributed by atoms with Gasteiger partial charge in [0.1, 0.15) is 0 Å². The first-order chi connectivity index (χ1) is 6.65. The van der Waals surface area contributed by atoms with E-state index < -0.39 is 0 Å². The zero-order valence-corrected chi connectivity index (χ0v) is 10.7. The molecular weight excluding hydrogens is 316 g/mol. The Morgan fingerprint density at radius 1 is 1.00 bits per heavy atom. The molecule has 1 rings (SSSR count). The van der Waals surface area contributed by atoms with Crippen LogP contribution in [-0.2, 0) is 9.59 Å². The highest BCUT2D eigenvalue weighted by atomic mass is 79.9. The molecule has 0 bridgehead atoms. The molecule has 0 aromatic carbocycles. The van der Waals surface area contributed by atoms with Crippen molar-refractivity contribution in [3.63, 3.8) is 0 Å². The average molecular weight is 328 g/mol. The number of amides is 2. The predicted octanol–water partition coefficient (Wildman–Crippen LogP) is 0.540. The molecule has 14 heavy (non-hydrogen) atoms. The van der Waals surface area contributed by atoms with Gasteiger partial charge in [-0.1, -0.05) is 31.9 Å². The molecule has 1 aliphatic rings. The topological polar surface area (TPSA) is 58.2 Å². The quantitative estimate of drug-likeness (QED) is 0.740. The molecule has 1 fully saturated rings. The molecule has 0 saturated heterocycles. The maximum atomic E-state index is 10.9. The first-order valence-electron chi connectivity index (χ1n) is 4.36. The van der Waals surface area contributed by atoms with E-state index in [1.54, 1.807) is 0 Å². The van der Waals surface area contributed by atoms with E-state index in [0.29, 0.717) is 10.7 Å². The number of nitrogens with one attached hydrogen (secondary N) is 2. The summed E-state index contributed by atoms with van der Waals surface area (Å²) in [4.78, 5) is 21.9. The molecule has 0 atom stereocenters. The first-order valence-corrected chi connectivity index (χ1v) is 6.60. The summed E-state index contributed by atoms with van der Waals surface area (Å²) in [6.07, 6.45) is 1.66. The van der Waals surface area contributed by atoms with Crippen molar-refractivity contribution in [1.29, 1.82) is 0 Å². The van der Waals surface area contributed by atoms with Crippen molar-refractivity contribution >= 4 is 43.7 Å². The average Bonchev–Trinajstić information content (AvgIpc) is 2.13. The lowest BCUT2D eigenvalue weighted by Crippen LogP contribution is -2.54. The summed E-state index contributed by atoms with van der Waals surface area (Å²) in [5, 5.41) is 6.35. The molecule has 80 valence electrons. The minimum Gasteiger partial charge on any atom is -0.352 e. The highest BCUT2D eigenvalue weighted by molar-refractivity contribution is 9.09. The van der Waals surface area contributed by atoms with E-state index in [2.05, 4.69) is 42.5 Å². The second kappa shape index (κ2) is 5.70. The molecule has 4 nitrogen and oxygen atoms in total. The number of halogens is 2. The molecule has 1 saturated carbocycles. The van der Waals surface area contributed by atoms with Crippen LogP contribution >= 0.6 is 31.9 Å². The van der Waals surface area contributed by atoms with Crippen LogP contribution in [0, 0.1) is 0 Å². The van der Waals surface area contributed by atoms with Gasteiger partial charge in [-0.25, -0.2) is 0 Å². The lowest BCUT2D eigenvalue weighted by Gasteiger charge is -2.36. The van der Waals surface area contributed by atoms with Crippen molar-refractivity contribution in [1.82, 2.24) is 10.6 Å². The molecule has 0 radical (unpaired) electrons. The van der Waals surface area contributed by atoms with Gasteiger partial charge in [0.25, 0.3) is 0 Å². The van der Waals surface area contributed by atoms with Crippen LogP contribution in [-0.4, -0.2) is 34.6 Å². The lowest BCUT2D eigenvalue weighted by molar-refractivity contribution is -0.120. The molecule has 0 aromatic rings. The van der Waals surface area contributed by atoms with Gasteiger partial charge in [-0.3, -0.25) is 9.59 Å². The normalized spacial score (nSPS) is 25.0. The standard InChI is InChI=1S/C8H12Br2N2O2/c9-3-7(13)11-5-1-6(2-5)12-8(14)4-10/h5-6H,1-4H2,(H,11,13)(H,12,14)/t5-,6+. The summed E-state index contributed by atoms with van der Waals surface area (Å²) in [7, 11) is 0. The third kappa shape index (κ3) is 3.57. The summed E-state index contributed by atoms with van der Waals surface area (Å²) in [6.45, 7) is 0. The monoisotopic (exact) mass is 326 g/mol. The van der Waals surface area contributed by atoms with Gasteiger partial charge >= 0.3 is 0 Å². The minimum atomic E-state index is 0.000248. The Morgan fingerprint density at radius 2 is 1.36 bits per heavy atom. The van der Waals surface area contributed by atoms with E-state index >= 15 is 0 Å². The van der Waals surface area contributed by atoms with E-state index in [9.17, 15) is 9.59 Å². The lowest BCUT2D eigenvalue weighted by atomic mass is 9.87. The molecular formula is C8H12Br2N2O2. The Morgan fingerprint density at radius 3 is 1.64 bits per heavy atom. The molecule has 0 aromatic heterocycles. The fraction of sp³-hybridized carbons (Fsp3) is 0.750. The number of hydrogen-bond acceptors (Lipinski definition) is 2. The summed E-state index contributed by atoms with van der Waals surface area (Å²) >= 11 is 6.15. The maximum absolute atomic E-state index is 10.9. The zero-order valence-electron chi connectivity index (χ0n) is 7.56. The number of rotatable bonds is 4. The van der Waals surface area contributed by atoms with Crippen LogP contribution in [0.3, 0.4) is 0 Å². The number of alkyl halides is 2.